The van der Waals surface area contributed by atoms with Gasteiger partial charge in [-0.2, -0.15) is 0 Å². The van der Waals surface area contributed by atoms with E-state index in [4.69, 9.17) is 19.3 Å². The van der Waals surface area contributed by atoms with E-state index in [0.29, 0.717) is 17.1 Å². The van der Waals surface area contributed by atoms with E-state index in [0.717, 1.165) is 0 Å². The minimum atomic E-state index is -1.85. The van der Waals surface area contributed by atoms with Gasteiger partial charge in [0.15, 0.2) is 0 Å². The number of aliphatic carboxylic acids is 1. The highest BCUT2D eigenvalue weighted by atomic mass is 16.6. The van der Waals surface area contributed by atoms with Gasteiger partial charge in [0, 0.05) is 18.6 Å². The van der Waals surface area contributed by atoms with Crippen molar-refractivity contribution in [3.63, 3.8) is 0 Å². The number of carboxylic acids is 1. The van der Waals surface area contributed by atoms with E-state index in [-0.39, 0.29) is 6.42 Å². The molecule has 1 rings (SSSR count). The molecule has 0 bridgehead atoms. The zero-order valence-electron chi connectivity index (χ0n) is 23.4. The summed E-state index contributed by atoms with van der Waals surface area (Å²) in [7, 11) is 0. The fraction of sp³-hybridized carbons (Fsp3) is 0.680. The average Bonchev–Trinajstić information content (AvgIpc) is 2.94. The van der Waals surface area contributed by atoms with Gasteiger partial charge < -0.3 is 30.0 Å². The van der Waals surface area contributed by atoms with Gasteiger partial charge in [-0.25, -0.2) is 19.3 Å². The first kappa shape index (κ1) is 32.4. The van der Waals surface area contributed by atoms with Crippen molar-refractivity contribution in [3.05, 3.63) is 12.2 Å². The number of nitrogens with one attached hydrogen (secondary N) is 2. The molecule has 13 nitrogen and oxygen atoms in total. The Morgan fingerprint density at radius 3 is 1.82 bits per heavy atom. The molecule has 1 aliphatic rings. The molecule has 1 saturated heterocycles. The van der Waals surface area contributed by atoms with E-state index in [1.54, 1.807) is 62.3 Å². The minimum absolute atomic E-state index is 0.236. The van der Waals surface area contributed by atoms with Crippen molar-refractivity contribution in [2.45, 2.75) is 104 Å². The Hall–Kier alpha value is -3.64. The molecule has 0 radical (unpaired) electrons. The number of carbonyl (C=O) groups excluding carboxylic acids is 5. The summed E-state index contributed by atoms with van der Waals surface area (Å²) < 4.78 is 16.0. The van der Waals surface area contributed by atoms with Crippen molar-refractivity contribution in [2.24, 2.45) is 0 Å². The number of carbonyl (C=O) groups is 6. The quantitative estimate of drug-likeness (QED) is 0.246. The fourth-order valence-electron chi connectivity index (χ4n) is 3.43. The van der Waals surface area contributed by atoms with Crippen LogP contribution in [0.25, 0.3) is 0 Å². The largest absolute Gasteiger partial charge is 0.478 e. The van der Waals surface area contributed by atoms with Crippen LogP contribution in [0.3, 0.4) is 0 Å². The van der Waals surface area contributed by atoms with E-state index < -0.39 is 77.3 Å². The molecule has 38 heavy (non-hydrogen) atoms. The van der Waals surface area contributed by atoms with Crippen LogP contribution in [0.1, 0.15) is 75.2 Å². The molecule has 0 aromatic carbocycles. The predicted molar refractivity (Wildman–Crippen MR) is 134 cm³/mol. The third kappa shape index (κ3) is 11.2. The monoisotopic (exact) mass is 541 g/mol. The highest BCUT2D eigenvalue weighted by Gasteiger charge is 2.51. The number of amides is 4. The van der Waals surface area contributed by atoms with Gasteiger partial charge in [0.05, 0.1) is 19.0 Å². The van der Waals surface area contributed by atoms with Crippen molar-refractivity contribution in [1.29, 1.82) is 0 Å². The first-order chi connectivity index (χ1) is 17.0. The lowest BCUT2D eigenvalue weighted by Crippen LogP contribution is -2.55. The average molecular weight is 542 g/mol. The maximum atomic E-state index is 13.1. The molecule has 2 atom stereocenters. The third-order valence-corrected chi connectivity index (χ3v) is 4.60. The summed E-state index contributed by atoms with van der Waals surface area (Å²) in [5.74, 6) is -3.91. The van der Waals surface area contributed by atoms with Gasteiger partial charge in [0.2, 0.25) is 11.8 Å². The van der Waals surface area contributed by atoms with E-state index in [9.17, 15) is 28.8 Å². The molecule has 1 heterocycles. The molecular weight excluding hydrogens is 502 g/mol. The first-order valence-electron chi connectivity index (χ1n) is 12.0. The zero-order chi connectivity index (χ0) is 29.7. The Labute approximate surface area is 222 Å². The van der Waals surface area contributed by atoms with Crippen LogP contribution in [0.5, 0.6) is 0 Å². The lowest BCUT2D eigenvalue weighted by atomic mass is 9.90. The molecule has 0 aromatic heterocycles. The molecule has 0 aliphatic carbocycles. The maximum Gasteiger partial charge on any atom is 0.419 e. The molecule has 3 N–H and O–H groups in total. The molecular formula is C25H39N3O10. The van der Waals surface area contributed by atoms with Crippen molar-refractivity contribution in [3.8, 4) is 0 Å². The number of imide groups is 1. The lowest BCUT2D eigenvalue weighted by Gasteiger charge is -2.30. The SMILES string of the molecule is CC(C)(C)OC(=O)C[C@]1(NC(=O)C=CC(=O)O)C[C@@H](CN(C(=O)OC(C)(C)C)C(=O)OC(C)(C)C)NC1=O. The second kappa shape index (κ2) is 11.8. The molecule has 0 aromatic rings. The number of nitrogens with zero attached hydrogens (tertiary/aromatic N) is 1. The Morgan fingerprint density at radius 1 is 0.921 bits per heavy atom. The fourth-order valence-corrected chi connectivity index (χ4v) is 3.43. The lowest BCUT2D eigenvalue weighted by molar-refractivity contribution is -0.158. The van der Waals surface area contributed by atoms with Crippen LogP contribution >= 0.6 is 0 Å². The van der Waals surface area contributed by atoms with E-state index >= 15 is 0 Å². The number of ether oxygens (including phenoxy) is 3. The van der Waals surface area contributed by atoms with E-state index in [1.165, 1.54) is 0 Å². The number of carboxylic acid groups (broad SMARTS) is 1. The summed E-state index contributed by atoms with van der Waals surface area (Å²) in [6.07, 6.45) is -1.57. The molecule has 1 aliphatic heterocycles. The van der Waals surface area contributed by atoms with Crippen LogP contribution in [-0.4, -0.2) is 80.9 Å². The first-order valence-corrected chi connectivity index (χ1v) is 12.0. The summed E-state index contributed by atoms with van der Waals surface area (Å²) >= 11 is 0. The predicted octanol–water partition coefficient (Wildman–Crippen LogP) is 2.27. The van der Waals surface area contributed by atoms with Crippen LogP contribution in [-0.2, 0) is 33.4 Å². The van der Waals surface area contributed by atoms with Crippen LogP contribution < -0.4 is 10.6 Å². The summed E-state index contributed by atoms with van der Waals surface area (Å²) in [5, 5.41) is 13.8. The van der Waals surface area contributed by atoms with Gasteiger partial charge in [-0.3, -0.25) is 14.4 Å². The van der Waals surface area contributed by atoms with Crippen LogP contribution in [0.15, 0.2) is 12.2 Å². The summed E-state index contributed by atoms with van der Waals surface area (Å²) in [4.78, 5) is 75.4. The summed E-state index contributed by atoms with van der Waals surface area (Å²) in [6.45, 7) is 14.2. The van der Waals surface area contributed by atoms with Crippen LogP contribution in [0.4, 0.5) is 9.59 Å². The number of hydrogen-bond donors (Lipinski definition) is 3. The number of esters is 1. The molecule has 0 saturated carbocycles. The molecule has 1 fully saturated rings. The molecule has 13 heteroatoms. The van der Waals surface area contributed by atoms with Crippen LogP contribution in [0, 0.1) is 0 Å². The highest BCUT2D eigenvalue weighted by molar-refractivity contribution is 6.01. The second-order valence-electron chi connectivity index (χ2n) is 12.0. The Bertz CT molecular complexity index is 957. The molecule has 0 spiro atoms. The Balaban J connectivity index is 3.30. The smallest absolute Gasteiger partial charge is 0.419 e. The summed E-state index contributed by atoms with van der Waals surface area (Å²) in [6, 6.07) is -0.922. The van der Waals surface area contributed by atoms with E-state index in [1.807, 2.05) is 0 Å². The molecule has 214 valence electrons. The van der Waals surface area contributed by atoms with Crippen molar-refractivity contribution < 1.29 is 48.1 Å². The van der Waals surface area contributed by atoms with E-state index in [2.05, 4.69) is 10.6 Å². The number of hydrogen-bond acceptors (Lipinski definition) is 9. The van der Waals surface area contributed by atoms with Gasteiger partial charge in [0.25, 0.3) is 0 Å². The topological polar surface area (TPSA) is 178 Å². The summed E-state index contributed by atoms with van der Waals surface area (Å²) in [5.41, 5.74) is -4.62. The highest BCUT2D eigenvalue weighted by Crippen LogP contribution is 2.28. The standard InChI is InChI=1S/C25H39N3O10/c1-22(2,3)36-18(32)13-25(27-16(29)10-11-17(30)31)12-15(26-19(25)33)14-28(20(34)37-23(4,5)6)21(35)38-24(7,8)9/h10-11,15H,12-14H2,1-9H3,(H,26,33)(H,27,29)(H,30,31)/t15-,25+/m0/s1. The van der Waals surface area contributed by atoms with Crippen LogP contribution in [0.2, 0.25) is 0 Å². The van der Waals surface area contributed by atoms with Crippen molar-refractivity contribution >= 4 is 35.9 Å². The molecule has 0 unspecified atom stereocenters. The molecule has 4 amide bonds. The van der Waals surface area contributed by atoms with Crippen molar-refractivity contribution in [1.82, 2.24) is 15.5 Å². The van der Waals surface area contributed by atoms with Gasteiger partial charge in [-0.15, -0.1) is 0 Å². The normalized spacial score (nSPS) is 19.9. The van der Waals surface area contributed by atoms with Gasteiger partial charge in [0.1, 0.15) is 22.3 Å². The van der Waals surface area contributed by atoms with Gasteiger partial charge >= 0.3 is 24.1 Å². The Kier molecular flexibility index (Phi) is 10.1. The minimum Gasteiger partial charge on any atom is -0.478 e. The van der Waals surface area contributed by atoms with Gasteiger partial charge in [-0.05, 0) is 62.3 Å². The van der Waals surface area contributed by atoms with Crippen molar-refractivity contribution in [2.75, 3.05) is 6.54 Å². The maximum absolute atomic E-state index is 13.1. The zero-order valence-corrected chi connectivity index (χ0v) is 23.4. The number of rotatable bonds is 7. The third-order valence-electron chi connectivity index (χ3n) is 4.60. The second-order valence-corrected chi connectivity index (χ2v) is 12.0. The van der Waals surface area contributed by atoms with Gasteiger partial charge in [-0.1, -0.05) is 0 Å². The Morgan fingerprint density at radius 2 is 1.39 bits per heavy atom.